The number of hydrogen-bond donors (Lipinski definition) is 1. The van der Waals surface area contributed by atoms with Crippen LogP contribution in [0.3, 0.4) is 0 Å². The minimum Gasteiger partial charge on any atom is -0.345 e. The Hall–Kier alpha value is -2.60. The van der Waals surface area contributed by atoms with Gasteiger partial charge in [-0.15, -0.1) is 0 Å². The summed E-state index contributed by atoms with van der Waals surface area (Å²) in [5, 5.41) is 12.1. The third-order valence-electron chi connectivity index (χ3n) is 4.54. The molecule has 136 valence electrons. The lowest BCUT2D eigenvalue weighted by Gasteiger charge is -2.15. The van der Waals surface area contributed by atoms with Crippen molar-refractivity contribution < 1.29 is 4.79 Å². The largest absolute Gasteiger partial charge is 0.345 e. The SMILES string of the molecule is Cc1cc(C)n(-c2ccc(Cl)c(C(=O)N[C@H](C)c3cnn(C)c3C)c2)n1. The summed E-state index contributed by atoms with van der Waals surface area (Å²) >= 11 is 6.28. The van der Waals surface area contributed by atoms with Gasteiger partial charge in [-0.1, -0.05) is 11.6 Å². The molecule has 0 spiro atoms. The smallest absolute Gasteiger partial charge is 0.253 e. The van der Waals surface area contributed by atoms with Gasteiger partial charge in [-0.2, -0.15) is 10.2 Å². The summed E-state index contributed by atoms with van der Waals surface area (Å²) in [7, 11) is 1.88. The Balaban J connectivity index is 1.88. The maximum absolute atomic E-state index is 12.8. The highest BCUT2D eigenvalue weighted by molar-refractivity contribution is 6.33. The summed E-state index contributed by atoms with van der Waals surface area (Å²) in [6, 6.07) is 7.15. The lowest BCUT2D eigenvalue weighted by atomic mass is 10.1. The van der Waals surface area contributed by atoms with E-state index in [1.165, 1.54) is 0 Å². The van der Waals surface area contributed by atoms with Crippen LogP contribution >= 0.6 is 11.6 Å². The molecule has 1 N–H and O–H groups in total. The van der Waals surface area contributed by atoms with Gasteiger partial charge in [0.15, 0.2) is 0 Å². The Bertz CT molecular complexity index is 972. The first-order valence-corrected chi connectivity index (χ1v) is 8.78. The van der Waals surface area contributed by atoms with Crippen LogP contribution in [0.15, 0.2) is 30.5 Å². The average Bonchev–Trinajstić information content (AvgIpc) is 3.09. The van der Waals surface area contributed by atoms with Crippen molar-refractivity contribution in [1.29, 1.82) is 0 Å². The molecule has 0 aliphatic heterocycles. The first-order chi connectivity index (χ1) is 12.3. The highest BCUT2D eigenvalue weighted by Gasteiger charge is 2.18. The Kier molecular flexibility index (Phi) is 4.87. The normalized spacial score (nSPS) is 12.2. The fourth-order valence-electron chi connectivity index (χ4n) is 3.00. The van der Waals surface area contributed by atoms with E-state index >= 15 is 0 Å². The molecule has 0 aliphatic rings. The molecule has 0 bridgehead atoms. The van der Waals surface area contributed by atoms with Crippen molar-refractivity contribution in [1.82, 2.24) is 24.9 Å². The van der Waals surface area contributed by atoms with Crippen LogP contribution in [0.1, 0.15) is 46.0 Å². The molecule has 1 atom stereocenters. The molecule has 7 heteroatoms. The number of hydrogen-bond acceptors (Lipinski definition) is 3. The van der Waals surface area contributed by atoms with Gasteiger partial charge in [-0.25, -0.2) is 4.68 Å². The van der Waals surface area contributed by atoms with Crippen LogP contribution in [0, 0.1) is 20.8 Å². The van der Waals surface area contributed by atoms with Gasteiger partial charge in [0.1, 0.15) is 0 Å². The molecule has 2 heterocycles. The summed E-state index contributed by atoms with van der Waals surface area (Å²) in [6.07, 6.45) is 1.77. The van der Waals surface area contributed by atoms with Crippen LogP contribution in [0.4, 0.5) is 0 Å². The van der Waals surface area contributed by atoms with Crippen LogP contribution in [0.2, 0.25) is 5.02 Å². The van der Waals surface area contributed by atoms with Gasteiger partial charge < -0.3 is 5.32 Å². The van der Waals surface area contributed by atoms with Crippen LogP contribution in [-0.2, 0) is 7.05 Å². The molecule has 0 saturated carbocycles. The Morgan fingerprint density at radius 1 is 1.23 bits per heavy atom. The topological polar surface area (TPSA) is 64.7 Å². The van der Waals surface area contributed by atoms with Gasteiger partial charge in [0.05, 0.1) is 34.2 Å². The zero-order chi connectivity index (χ0) is 19.0. The van der Waals surface area contributed by atoms with Gasteiger partial charge >= 0.3 is 0 Å². The quantitative estimate of drug-likeness (QED) is 0.760. The maximum atomic E-state index is 12.8. The highest BCUT2D eigenvalue weighted by atomic mass is 35.5. The van der Waals surface area contributed by atoms with Gasteiger partial charge in [0.25, 0.3) is 5.91 Å². The molecule has 6 nitrogen and oxygen atoms in total. The van der Waals surface area contributed by atoms with Gasteiger partial charge in [0, 0.05) is 24.0 Å². The number of aromatic nitrogens is 4. The first kappa shape index (κ1) is 18.2. The minimum atomic E-state index is -0.228. The summed E-state index contributed by atoms with van der Waals surface area (Å²) < 4.78 is 3.59. The van der Waals surface area contributed by atoms with E-state index in [-0.39, 0.29) is 11.9 Å². The summed E-state index contributed by atoms with van der Waals surface area (Å²) in [4.78, 5) is 12.8. The number of rotatable bonds is 4. The van der Waals surface area contributed by atoms with Crippen molar-refractivity contribution in [2.24, 2.45) is 7.05 Å². The third-order valence-corrected chi connectivity index (χ3v) is 4.87. The molecule has 0 saturated heterocycles. The Labute approximate surface area is 157 Å². The number of benzene rings is 1. The third kappa shape index (κ3) is 3.37. The van der Waals surface area contributed by atoms with Crippen molar-refractivity contribution >= 4 is 17.5 Å². The number of carbonyl (C=O) groups is 1. The van der Waals surface area contributed by atoms with Gasteiger partial charge in [0.2, 0.25) is 0 Å². The summed E-state index contributed by atoms with van der Waals surface area (Å²) in [6.45, 7) is 7.81. The molecule has 3 aromatic rings. The molecule has 0 radical (unpaired) electrons. The van der Waals surface area contributed by atoms with Crippen LogP contribution in [-0.4, -0.2) is 25.5 Å². The fraction of sp³-hybridized carbons (Fsp3) is 0.316. The second-order valence-corrected chi connectivity index (χ2v) is 6.91. The molecule has 26 heavy (non-hydrogen) atoms. The lowest BCUT2D eigenvalue weighted by molar-refractivity contribution is 0.0940. The predicted molar refractivity (Wildman–Crippen MR) is 102 cm³/mol. The standard InChI is InChI=1S/C19H22ClN5O/c1-11-8-12(2)25(23-11)15-6-7-18(20)16(9-15)19(26)22-13(3)17-10-21-24(5)14(17)4/h6-10,13H,1-5H3,(H,22,26)/t13-/m1/s1. The predicted octanol–water partition coefficient (Wildman–Crippen LogP) is 3.68. The van der Waals surface area contributed by atoms with E-state index in [9.17, 15) is 4.79 Å². The molecular formula is C19H22ClN5O. The highest BCUT2D eigenvalue weighted by Crippen LogP contribution is 2.23. The van der Waals surface area contributed by atoms with E-state index in [1.807, 2.05) is 46.9 Å². The molecule has 2 aromatic heterocycles. The van der Waals surface area contributed by atoms with E-state index in [0.717, 1.165) is 28.3 Å². The van der Waals surface area contributed by atoms with Crippen molar-refractivity contribution in [3.63, 3.8) is 0 Å². The molecule has 0 aliphatic carbocycles. The van der Waals surface area contributed by atoms with Crippen molar-refractivity contribution in [2.75, 3.05) is 0 Å². The summed E-state index contributed by atoms with van der Waals surface area (Å²) in [5.41, 5.74) is 5.13. The lowest BCUT2D eigenvalue weighted by Crippen LogP contribution is -2.27. The van der Waals surface area contributed by atoms with Crippen LogP contribution < -0.4 is 5.32 Å². The monoisotopic (exact) mass is 371 g/mol. The zero-order valence-electron chi connectivity index (χ0n) is 15.5. The number of carbonyl (C=O) groups excluding carboxylic acids is 1. The first-order valence-electron chi connectivity index (χ1n) is 8.40. The number of aryl methyl sites for hydroxylation is 3. The maximum Gasteiger partial charge on any atom is 0.253 e. The molecule has 0 fully saturated rings. The number of amides is 1. The minimum absolute atomic E-state index is 0.176. The zero-order valence-corrected chi connectivity index (χ0v) is 16.3. The second kappa shape index (κ2) is 6.96. The Morgan fingerprint density at radius 2 is 1.96 bits per heavy atom. The van der Waals surface area contributed by atoms with Crippen LogP contribution in [0.5, 0.6) is 0 Å². The van der Waals surface area contributed by atoms with E-state index in [0.29, 0.717) is 10.6 Å². The van der Waals surface area contributed by atoms with E-state index in [2.05, 4.69) is 15.5 Å². The summed E-state index contributed by atoms with van der Waals surface area (Å²) in [5.74, 6) is -0.228. The van der Waals surface area contributed by atoms with Crippen molar-refractivity contribution in [2.45, 2.75) is 33.7 Å². The number of halogens is 1. The van der Waals surface area contributed by atoms with Gasteiger partial charge in [-0.3, -0.25) is 9.48 Å². The number of nitrogens with one attached hydrogen (secondary N) is 1. The van der Waals surface area contributed by atoms with E-state index in [1.54, 1.807) is 27.7 Å². The fourth-order valence-corrected chi connectivity index (χ4v) is 3.21. The van der Waals surface area contributed by atoms with Crippen molar-refractivity contribution in [3.05, 3.63) is 63.7 Å². The van der Waals surface area contributed by atoms with E-state index in [4.69, 9.17) is 11.6 Å². The average molecular weight is 372 g/mol. The second-order valence-electron chi connectivity index (χ2n) is 6.51. The van der Waals surface area contributed by atoms with Crippen LogP contribution in [0.25, 0.3) is 5.69 Å². The van der Waals surface area contributed by atoms with Crippen molar-refractivity contribution in [3.8, 4) is 5.69 Å². The Morgan fingerprint density at radius 3 is 2.54 bits per heavy atom. The molecule has 1 amide bonds. The van der Waals surface area contributed by atoms with E-state index < -0.39 is 0 Å². The molecular weight excluding hydrogens is 350 g/mol. The molecule has 3 rings (SSSR count). The number of nitrogens with zero attached hydrogens (tertiary/aromatic N) is 4. The molecule has 0 unspecified atom stereocenters. The van der Waals surface area contributed by atoms with Gasteiger partial charge in [-0.05, 0) is 52.0 Å². The molecule has 1 aromatic carbocycles.